The molecule has 0 bridgehead atoms. The summed E-state index contributed by atoms with van der Waals surface area (Å²) >= 11 is 6.10. The van der Waals surface area contributed by atoms with E-state index in [1.807, 2.05) is 24.3 Å². The van der Waals surface area contributed by atoms with Crippen LogP contribution < -0.4 is 5.32 Å². The lowest BCUT2D eigenvalue weighted by Gasteiger charge is -2.26. The van der Waals surface area contributed by atoms with Crippen molar-refractivity contribution >= 4 is 28.5 Å². The molecule has 1 aliphatic heterocycles. The van der Waals surface area contributed by atoms with Crippen LogP contribution in [0.3, 0.4) is 0 Å². The third-order valence-electron chi connectivity index (χ3n) is 4.19. The van der Waals surface area contributed by atoms with Crippen LogP contribution in [-0.2, 0) is 4.74 Å². The molecule has 1 aromatic carbocycles. The van der Waals surface area contributed by atoms with E-state index in [9.17, 15) is 0 Å². The molecule has 2 aromatic heterocycles. The summed E-state index contributed by atoms with van der Waals surface area (Å²) in [6.07, 6.45) is 1.48. The van der Waals surface area contributed by atoms with Crippen LogP contribution in [0, 0.1) is 0 Å². The first-order valence-electron chi connectivity index (χ1n) is 8.21. The van der Waals surface area contributed by atoms with E-state index in [4.69, 9.17) is 20.9 Å². The zero-order chi connectivity index (χ0) is 17.1. The van der Waals surface area contributed by atoms with Crippen LogP contribution in [0.2, 0.25) is 5.02 Å². The number of halogens is 1. The lowest BCUT2D eigenvalue weighted by atomic mass is 10.1. The van der Waals surface area contributed by atoms with E-state index >= 15 is 0 Å². The first kappa shape index (κ1) is 16.3. The van der Waals surface area contributed by atoms with Crippen molar-refractivity contribution in [3.63, 3.8) is 0 Å². The predicted molar refractivity (Wildman–Crippen MR) is 95.8 cm³/mol. The molecule has 0 radical (unpaired) electrons. The van der Waals surface area contributed by atoms with Gasteiger partial charge in [-0.05, 0) is 12.1 Å². The summed E-state index contributed by atoms with van der Waals surface area (Å²) in [4.78, 5) is 10.9. The average Bonchev–Trinajstić information content (AvgIpc) is 3.08. The summed E-state index contributed by atoms with van der Waals surface area (Å²) < 4.78 is 10.7. The number of hydrogen-bond donors (Lipinski definition) is 1. The van der Waals surface area contributed by atoms with Gasteiger partial charge in [0.2, 0.25) is 0 Å². The summed E-state index contributed by atoms with van der Waals surface area (Å²) in [5.41, 5.74) is 2.02. The van der Waals surface area contributed by atoms with Crippen LogP contribution in [0.15, 0.2) is 35.1 Å². The summed E-state index contributed by atoms with van der Waals surface area (Å²) in [6, 6.07) is 7.50. The van der Waals surface area contributed by atoms with E-state index in [0.717, 1.165) is 56.2 Å². The number of hydrogen-bond acceptors (Lipinski definition) is 7. The van der Waals surface area contributed by atoms with Gasteiger partial charge in [-0.25, -0.2) is 4.98 Å². The Morgan fingerprint density at radius 1 is 1.20 bits per heavy atom. The Kier molecular flexibility index (Phi) is 4.78. The van der Waals surface area contributed by atoms with Crippen LogP contribution in [0.25, 0.3) is 22.4 Å². The van der Waals surface area contributed by atoms with Gasteiger partial charge in [-0.1, -0.05) is 28.9 Å². The zero-order valence-corrected chi connectivity index (χ0v) is 14.4. The number of fused-ring (bicyclic) bond motifs is 1. The monoisotopic (exact) mass is 359 g/mol. The van der Waals surface area contributed by atoms with Gasteiger partial charge in [0.05, 0.1) is 13.2 Å². The Hall–Kier alpha value is -2.22. The highest BCUT2D eigenvalue weighted by Gasteiger charge is 2.17. The van der Waals surface area contributed by atoms with Gasteiger partial charge in [0.1, 0.15) is 23.2 Å². The molecule has 4 rings (SSSR count). The molecule has 3 heterocycles. The van der Waals surface area contributed by atoms with Crippen molar-refractivity contribution in [3.05, 3.63) is 35.6 Å². The van der Waals surface area contributed by atoms with Gasteiger partial charge in [0, 0.05) is 36.8 Å². The van der Waals surface area contributed by atoms with E-state index in [0.29, 0.717) is 16.4 Å². The number of rotatable bonds is 5. The number of ether oxygens (including phenoxy) is 1. The Morgan fingerprint density at radius 3 is 2.92 bits per heavy atom. The van der Waals surface area contributed by atoms with Crippen molar-refractivity contribution in [2.75, 3.05) is 44.7 Å². The maximum Gasteiger partial charge on any atom is 0.263 e. The van der Waals surface area contributed by atoms with Gasteiger partial charge in [-0.15, -0.1) is 0 Å². The highest BCUT2D eigenvalue weighted by atomic mass is 35.5. The van der Waals surface area contributed by atoms with Crippen molar-refractivity contribution in [1.82, 2.24) is 20.0 Å². The Morgan fingerprint density at radius 2 is 2.08 bits per heavy atom. The summed E-state index contributed by atoms with van der Waals surface area (Å²) in [6.45, 7) is 5.20. The second kappa shape index (κ2) is 7.35. The molecular weight excluding hydrogens is 342 g/mol. The van der Waals surface area contributed by atoms with Crippen LogP contribution in [0.5, 0.6) is 0 Å². The van der Waals surface area contributed by atoms with E-state index in [2.05, 4.69) is 25.3 Å². The van der Waals surface area contributed by atoms with Crippen LogP contribution in [-0.4, -0.2) is 59.4 Å². The second-order valence-electron chi connectivity index (χ2n) is 5.82. The molecule has 0 spiro atoms. The molecule has 25 heavy (non-hydrogen) atoms. The predicted octanol–water partition coefficient (Wildman–Crippen LogP) is 2.68. The van der Waals surface area contributed by atoms with Crippen LogP contribution in [0.4, 0.5) is 5.82 Å². The molecule has 1 fully saturated rings. The zero-order valence-electron chi connectivity index (χ0n) is 13.6. The molecule has 1 N–H and O–H groups in total. The Labute approximate surface area is 149 Å². The minimum atomic E-state index is 0.457. The van der Waals surface area contributed by atoms with Gasteiger partial charge in [0.15, 0.2) is 0 Å². The first-order valence-corrected chi connectivity index (χ1v) is 8.59. The largest absolute Gasteiger partial charge is 0.379 e. The average molecular weight is 360 g/mol. The second-order valence-corrected chi connectivity index (χ2v) is 6.26. The fourth-order valence-corrected chi connectivity index (χ4v) is 3.10. The maximum absolute atomic E-state index is 6.10. The number of morpholine rings is 1. The molecule has 1 aliphatic rings. The number of aromatic nitrogens is 3. The molecular formula is C17H18ClN5O2. The number of nitrogens with zero attached hydrogens (tertiary/aromatic N) is 4. The summed E-state index contributed by atoms with van der Waals surface area (Å²) in [5, 5.41) is 8.96. The number of nitrogens with one attached hydrogen (secondary N) is 1. The fourth-order valence-electron chi connectivity index (χ4n) is 2.91. The van der Waals surface area contributed by atoms with Gasteiger partial charge >= 0.3 is 0 Å². The number of anilines is 1. The normalized spacial score (nSPS) is 15.6. The van der Waals surface area contributed by atoms with E-state index in [-0.39, 0.29) is 0 Å². The molecule has 130 valence electrons. The molecule has 0 aliphatic carbocycles. The third kappa shape index (κ3) is 3.58. The highest BCUT2D eigenvalue weighted by Crippen LogP contribution is 2.32. The van der Waals surface area contributed by atoms with Crippen molar-refractivity contribution in [3.8, 4) is 11.3 Å². The molecule has 8 heteroatoms. The molecule has 0 unspecified atom stereocenters. The van der Waals surface area contributed by atoms with E-state index in [1.165, 1.54) is 6.33 Å². The van der Waals surface area contributed by atoms with Crippen molar-refractivity contribution in [2.24, 2.45) is 0 Å². The standard InChI is InChI=1S/C17H18ClN5O2/c18-13-3-1-2-12(10-13)15-14-16(20-11-21-17(14)25-22-15)19-4-5-23-6-8-24-9-7-23/h1-3,10-11H,4-9H2,(H,19,20,21). The lowest BCUT2D eigenvalue weighted by molar-refractivity contribution is 0.0398. The van der Waals surface area contributed by atoms with Crippen molar-refractivity contribution in [1.29, 1.82) is 0 Å². The molecule has 0 saturated carbocycles. The highest BCUT2D eigenvalue weighted by molar-refractivity contribution is 6.30. The third-order valence-corrected chi connectivity index (χ3v) is 4.43. The van der Waals surface area contributed by atoms with E-state index in [1.54, 1.807) is 0 Å². The SMILES string of the molecule is Clc1cccc(-c2noc3ncnc(NCCN4CCOCC4)c23)c1. The van der Waals surface area contributed by atoms with Crippen molar-refractivity contribution in [2.45, 2.75) is 0 Å². The molecule has 3 aromatic rings. The van der Waals surface area contributed by atoms with Crippen LogP contribution in [0.1, 0.15) is 0 Å². The Bertz CT molecular complexity index is 863. The maximum atomic E-state index is 6.10. The smallest absolute Gasteiger partial charge is 0.263 e. The Balaban J connectivity index is 1.57. The molecule has 7 nitrogen and oxygen atoms in total. The molecule has 0 atom stereocenters. The van der Waals surface area contributed by atoms with Gasteiger partial charge in [-0.3, -0.25) is 4.90 Å². The van der Waals surface area contributed by atoms with Gasteiger partial charge < -0.3 is 14.6 Å². The first-order chi connectivity index (χ1) is 12.3. The lowest BCUT2D eigenvalue weighted by Crippen LogP contribution is -2.39. The van der Waals surface area contributed by atoms with Gasteiger partial charge in [0.25, 0.3) is 5.71 Å². The summed E-state index contributed by atoms with van der Waals surface area (Å²) in [5.74, 6) is 0.717. The fraction of sp³-hybridized carbons (Fsp3) is 0.353. The number of benzene rings is 1. The molecule has 1 saturated heterocycles. The summed E-state index contributed by atoms with van der Waals surface area (Å²) in [7, 11) is 0. The topological polar surface area (TPSA) is 76.3 Å². The van der Waals surface area contributed by atoms with Crippen molar-refractivity contribution < 1.29 is 9.26 Å². The minimum absolute atomic E-state index is 0.457. The van der Waals surface area contributed by atoms with Crippen LogP contribution >= 0.6 is 11.6 Å². The van der Waals surface area contributed by atoms with Gasteiger partial charge in [-0.2, -0.15) is 4.98 Å². The van der Waals surface area contributed by atoms with E-state index < -0.39 is 0 Å². The quantitative estimate of drug-likeness (QED) is 0.750. The minimum Gasteiger partial charge on any atom is -0.379 e. The molecule has 0 amide bonds.